The Labute approximate surface area is 188 Å². The summed E-state index contributed by atoms with van der Waals surface area (Å²) in [5, 5.41) is 17.4. The molecule has 31 heavy (non-hydrogen) atoms. The van der Waals surface area contributed by atoms with Gasteiger partial charge in [0.2, 0.25) is 0 Å². The zero-order valence-electron chi connectivity index (χ0n) is 19.3. The molecule has 0 aromatic heterocycles. The number of rotatable bonds is 17. The Morgan fingerprint density at radius 1 is 0.645 bits per heavy atom. The van der Waals surface area contributed by atoms with Crippen molar-refractivity contribution in [2.75, 3.05) is 13.2 Å². The normalized spacial score (nSPS) is 11.3. The molecule has 0 aliphatic carbocycles. The van der Waals surface area contributed by atoms with E-state index in [2.05, 4.69) is 29.3 Å². The number of aryl methyl sites for hydroxylation is 1. The maximum Gasteiger partial charge on any atom is 0.119 e. The first kappa shape index (κ1) is 25.1. The molecule has 0 saturated heterocycles. The number of benzene rings is 2. The Bertz CT molecular complexity index is 711. The fourth-order valence-electron chi connectivity index (χ4n) is 3.48. The second-order valence-electron chi connectivity index (χ2n) is 8.22. The van der Waals surface area contributed by atoms with E-state index in [0.29, 0.717) is 6.61 Å². The molecule has 170 valence electrons. The summed E-state index contributed by atoms with van der Waals surface area (Å²) >= 11 is 0. The van der Waals surface area contributed by atoms with Crippen LogP contribution in [0.3, 0.4) is 0 Å². The third-order valence-corrected chi connectivity index (χ3v) is 5.44. The van der Waals surface area contributed by atoms with Crippen LogP contribution in [0, 0.1) is 0 Å². The SMILES string of the molecule is CCCCc1ccc(N=Nc2ccc(OCCCCCCCCCCCO)cc2)cc1. The highest BCUT2D eigenvalue weighted by molar-refractivity contribution is 5.43. The van der Waals surface area contributed by atoms with E-state index >= 15 is 0 Å². The molecule has 4 heteroatoms. The highest BCUT2D eigenvalue weighted by atomic mass is 16.5. The standard InChI is InChI=1S/C27H40N2O2/c1-2-3-13-24-14-16-25(17-15-24)28-29-26-18-20-27(21-19-26)31-23-12-10-8-6-4-5-7-9-11-22-30/h14-21,30H,2-13,22-23H2,1H3. The lowest BCUT2D eigenvalue weighted by Crippen LogP contribution is -1.96. The first-order valence-corrected chi connectivity index (χ1v) is 12.2. The molecule has 1 N–H and O–H groups in total. The number of hydrogen-bond acceptors (Lipinski definition) is 4. The van der Waals surface area contributed by atoms with Gasteiger partial charge in [0.1, 0.15) is 5.75 Å². The topological polar surface area (TPSA) is 54.2 Å². The second kappa shape index (κ2) is 16.5. The van der Waals surface area contributed by atoms with Crippen molar-refractivity contribution in [3.63, 3.8) is 0 Å². The smallest absolute Gasteiger partial charge is 0.119 e. The van der Waals surface area contributed by atoms with Crippen LogP contribution in [0.5, 0.6) is 5.75 Å². The molecule has 0 atom stereocenters. The lowest BCUT2D eigenvalue weighted by molar-refractivity contribution is 0.282. The summed E-state index contributed by atoms with van der Waals surface area (Å²) in [5.74, 6) is 0.892. The number of azo groups is 1. The molecule has 4 nitrogen and oxygen atoms in total. The molecule has 0 aliphatic rings. The molecule has 0 bridgehead atoms. The fourth-order valence-corrected chi connectivity index (χ4v) is 3.48. The number of ether oxygens (including phenoxy) is 1. The molecule has 0 aliphatic heterocycles. The molecular weight excluding hydrogens is 384 g/mol. The van der Waals surface area contributed by atoms with Crippen LogP contribution in [-0.4, -0.2) is 18.3 Å². The maximum atomic E-state index is 8.76. The molecule has 0 saturated carbocycles. The van der Waals surface area contributed by atoms with Gasteiger partial charge in [-0.25, -0.2) is 0 Å². The Balaban J connectivity index is 1.57. The highest BCUT2D eigenvalue weighted by Gasteiger charge is 1.98. The number of aliphatic hydroxyl groups is 1. The molecule has 2 rings (SSSR count). The van der Waals surface area contributed by atoms with Crippen LogP contribution in [0.4, 0.5) is 11.4 Å². The summed E-state index contributed by atoms with van der Waals surface area (Å²) in [6, 6.07) is 16.2. The van der Waals surface area contributed by atoms with Crippen LogP contribution in [-0.2, 0) is 6.42 Å². The maximum absolute atomic E-state index is 8.76. The molecule has 2 aromatic rings. The summed E-state index contributed by atoms with van der Waals surface area (Å²) < 4.78 is 5.85. The molecule has 0 heterocycles. The van der Waals surface area contributed by atoms with Crippen LogP contribution in [0.2, 0.25) is 0 Å². The van der Waals surface area contributed by atoms with Gasteiger partial charge in [-0.2, -0.15) is 10.2 Å². The number of nitrogens with zero attached hydrogens (tertiary/aromatic N) is 2. The molecule has 0 fully saturated rings. The minimum atomic E-state index is 0.334. The van der Waals surface area contributed by atoms with E-state index in [1.165, 1.54) is 56.9 Å². The van der Waals surface area contributed by atoms with Gasteiger partial charge in [-0.05, 0) is 67.6 Å². The third-order valence-electron chi connectivity index (χ3n) is 5.44. The fraction of sp³-hybridized carbons (Fsp3) is 0.556. The van der Waals surface area contributed by atoms with Crippen LogP contribution in [0.25, 0.3) is 0 Å². The van der Waals surface area contributed by atoms with Gasteiger partial charge in [-0.3, -0.25) is 0 Å². The van der Waals surface area contributed by atoms with Gasteiger partial charge in [0, 0.05) is 6.61 Å². The monoisotopic (exact) mass is 424 g/mol. The van der Waals surface area contributed by atoms with Gasteiger partial charge in [0.05, 0.1) is 18.0 Å². The van der Waals surface area contributed by atoms with Crippen molar-refractivity contribution < 1.29 is 9.84 Å². The minimum Gasteiger partial charge on any atom is -0.494 e. The van der Waals surface area contributed by atoms with Crippen molar-refractivity contribution in [1.29, 1.82) is 0 Å². The molecule has 0 radical (unpaired) electrons. The zero-order chi connectivity index (χ0) is 22.0. The number of aliphatic hydroxyl groups excluding tert-OH is 1. The van der Waals surface area contributed by atoms with Gasteiger partial charge in [0.25, 0.3) is 0 Å². The predicted molar refractivity (Wildman–Crippen MR) is 130 cm³/mol. The quantitative estimate of drug-likeness (QED) is 0.205. The van der Waals surface area contributed by atoms with Crippen LogP contribution in [0.15, 0.2) is 58.8 Å². The van der Waals surface area contributed by atoms with Crippen molar-refractivity contribution in [2.45, 2.75) is 84.0 Å². The summed E-state index contributed by atoms with van der Waals surface area (Å²) in [5.41, 5.74) is 3.07. The summed E-state index contributed by atoms with van der Waals surface area (Å²) in [6.07, 6.45) is 14.5. The molecule has 2 aromatic carbocycles. The highest BCUT2D eigenvalue weighted by Crippen LogP contribution is 2.22. The van der Waals surface area contributed by atoms with E-state index in [4.69, 9.17) is 9.84 Å². The van der Waals surface area contributed by atoms with E-state index in [1.54, 1.807) is 0 Å². The Kier molecular flexibility index (Phi) is 13.3. The van der Waals surface area contributed by atoms with Crippen molar-refractivity contribution in [1.82, 2.24) is 0 Å². The van der Waals surface area contributed by atoms with Gasteiger partial charge in [-0.1, -0.05) is 70.4 Å². The van der Waals surface area contributed by atoms with E-state index < -0.39 is 0 Å². The number of unbranched alkanes of at least 4 members (excludes halogenated alkanes) is 9. The first-order chi connectivity index (χ1) is 15.3. The van der Waals surface area contributed by atoms with Crippen molar-refractivity contribution in [3.8, 4) is 5.75 Å². The van der Waals surface area contributed by atoms with Crippen LogP contribution < -0.4 is 4.74 Å². The summed E-state index contributed by atoms with van der Waals surface area (Å²) in [7, 11) is 0. The van der Waals surface area contributed by atoms with Gasteiger partial charge in [-0.15, -0.1) is 0 Å². The third kappa shape index (κ3) is 11.7. The molecule has 0 unspecified atom stereocenters. The second-order valence-corrected chi connectivity index (χ2v) is 8.22. The lowest BCUT2D eigenvalue weighted by atomic mass is 10.1. The van der Waals surface area contributed by atoms with Crippen molar-refractivity contribution in [3.05, 3.63) is 54.1 Å². The minimum absolute atomic E-state index is 0.334. The Morgan fingerprint density at radius 2 is 1.16 bits per heavy atom. The summed E-state index contributed by atoms with van der Waals surface area (Å²) in [6.45, 7) is 3.31. The summed E-state index contributed by atoms with van der Waals surface area (Å²) in [4.78, 5) is 0. The zero-order valence-corrected chi connectivity index (χ0v) is 19.3. The number of hydrogen-bond donors (Lipinski definition) is 1. The largest absolute Gasteiger partial charge is 0.494 e. The lowest BCUT2D eigenvalue weighted by Gasteiger charge is -2.06. The van der Waals surface area contributed by atoms with Gasteiger partial charge < -0.3 is 9.84 Å². The van der Waals surface area contributed by atoms with E-state index in [9.17, 15) is 0 Å². The Hall–Kier alpha value is -2.20. The Morgan fingerprint density at radius 3 is 1.71 bits per heavy atom. The first-order valence-electron chi connectivity index (χ1n) is 12.2. The van der Waals surface area contributed by atoms with Crippen molar-refractivity contribution >= 4 is 11.4 Å². The molecule has 0 amide bonds. The van der Waals surface area contributed by atoms with Crippen LogP contribution >= 0.6 is 0 Å². The molecule has 0 spiro atoms. The van der Waals surface area contributed by atoms with Crippen molar-refractivity contribution in [2.24, 2.45) is 10.2 Å². The van der Waals surface area contributed by atoms with Gasteiger partial charge in [0.15, 0.2) is 0 Å². The average Bonchev–Trinajstić information content (AvgIpc) is 2.81. The predicted octanol–water partition coefficient (Wildman–Crippen LogP) is 8.33. The van der Waals surface area contributed by atoms with E-state index in [0.717, 1.165) is 49.4 Å². The van der Waals surface area contributed by atoms with Crippen LogP contribution in [0.1, 0.15) is 83.1 Å². The van der Waals surface area contributed by atoms with E-state index in [1.807, 2.05) is 36.4 Å². The average molecular weight is 425 g/mol. The molecular formula is C27H40N2O2. The van der Waals surface area contributed by atoms with Gasteiger partial charge >= 0.3 is 0 Å². The van der Waals surface area contributed by atoms with E-state index in [-0.39, 0.29) is 0 Å².